The van der Waals surface area contributed by atoms with E-state index in [1.165, 1.54) is 18.2 Å². The Kier molecular flexibility index (Phi) is 3.14. The van der Waals surface area contributed by atoms with Gasteiger partial charge >= 0.3 is 5.76 Å². The van der Waals surface area contributed by atoms with Crippen molar-refractivity contribution in [1.82, 2.24) is 20.4 Å². The van der Waals surface area contributed by atoms with E-state index in [9.17, 15) is 24.0 Å². The molecule has 2 aliphatic heterocycles. The third-order valence-electron chi connectivity index (χ3n) is 4.14. The van der Waals surface area contributed by atoms with Crippen molar-refractivity contribution in [3.8, 4) is 11.5 Å². The fraction of sp³-hybridized carbons (Fsp3) is 0.200. The van der Waals surface area contributed by atoms with Crippen molar-refractivity contribution in [2.75, 3.05) is 0 Å². The molecular weight excluding hydrogens is 332 g/mol. The van der Waals surface area contributed by atoms with Gasteiger partial charge in [0, 0.05) is 6.42 Å². The monoisotopic (exact) mass is 342 g/mol. The van der Waals surface area contributed by atoms with E-state index in [-0.39, 0.29) is 35.4 Å². The van der Waals surface area contributed by atoms with E-state index in [1.807, 2.05) is 0 Å². The lowest BCUT2D eigenvalue weighted by Crippen LogP contribution is -2.54. The number of amides is 4. The number of imide groups is 2. The summed E-state index contributed by atoms with van der Waals surface area (Å²) in [4.78, 5) is 60.8. The van der Waals surface area contributed by atoms with Crippen LogP contribution in [0.4, 0.5) is 0 Å². The molecule has 0 aliphatic carbocycles. The summed E-state index contributed by atoms with van der Waals surface area (Å²) in [6.07, 6.45) is 0.0911. The number of aromatic amines is 1. The highest BCUT2D eigenvalue weighted by Crippen LogP contribution is 2.33. The summed E-state index contributed by atoms with van der Waals surface area (Å²) >= 11 is 0. The van der Waals surface area contributed by atoms with Gasteiger partial charge < -0.3 is 4.42 Å². The molecule has 4 amide bonds. The lowest BCUT2D eigenvalue weighted by molar-refractivity contribution is -0.136. The smallest absolute Gasteiger partial charge is 0.388 e. The number of fused-ring (bicyclic) bond motifs is 1. The number of piperidine rings is 1. The molecule has 1 aromatic heterocycles. The minimum absolute atomic E-state index is 0.00690. The van der Waals surface area contributed by atoms with Crippen LogP contribution in [0.1, 0.15) is 33.6 Å². The van der Waals surface area contributed by atoms with Crippen LogP contribution in [0.2, 0.25) is 0 Å². The minimum atomic E-state index is -1.07. The normalized spacial score (nSPS) is 20.0. The Morgan fingerprint density at radius 2 is 1.84 bits per heavy atom. The predicted octanol–water partition coefficient (Wildman–Crippen LogP) is -0.569. The van der Waals surface area contributed by atoms with E-state index in [2.05, 4.69) is 15.5 Å². The van der Waals surface area contributed by atoms with Crippen molar-refractivity contribution in [3.05, 3.63) is 39.9 Å². The molecule has 0 spiro atoms. The second-order valence-electron chi connectivity index (χ2n) is 5.59. The molecule has 2 N–H and O–H groups in total. The van der Waals surface area contributed by atoms with Crippen LogP contribution >= 0.6 is 0 Å². The first-order valence-electron chi connectivity index (χ1n) is 7.38. The van der Waals surface area contributed by atoms with Crippen molar-refractivity contribution in [3.63, 3.8) is 0 Å². The van der Waals surface area contributed by atoms with Crippen LogP contribution in [0.25, 0.3) is 11.5 Å². The summed E-state index contributed by atoms with van der Waals surface area (Å²) in [5.74, 6) is -3.42. The van der Waals surface area contributed by atoms with Gasteiger partial charge in [0.2, 0.25) is 17.7 Å². The van der Waals surface area contributed by atoms with Gasteiger partial charge in [0.1, 0.15) is 6.04 Å². The quantitative estimate of drug-likeness (QED) is 0.696. The van der Waals surface area contributed by atoms with Crippen LogP contribution < -0.4 is 11.1 Å². The number of rotatable bonds is 2. The van der Waals surface area contributed by atoms with Gasteiger partial charge in [-0.2, -0.15) is 0 Å². The van der Waals surface area contributed by atoms with Crippen LogP contribution in [0, 0.1) is 0 Å². The Bertz CT molecular complexity index is 1000. The van der Waals surface area contributed by atoms with E-state index in [0.29, 0.717) is 0 Å². The zero-order valence-corrected chi connectivity index (χ0v) is 12.6. The average Bonchev–Trinajstić information content (AvgIpc) is 3.11. The first-order valence-corrected chi connectivity index (χ1v) is 7.38. The van der Waals surface area contributed by atoms with Crippen LogP contribution in [-0.2, 0) is 9.59 Å². The Balaban J connectivity index is 1.79. The van der Waals surface area contributed by atoms with Crippen molar-refractivity contribution in [2.45, 2.75) is 18.9 Å². The molecular formula is C15H10N4O6. The highest BCUT2D eigenvalue weighted by molar-refractivity contribution is 6.25. The Morgan fingerprint density at radius 3 is 2.52 bits per heavy atom. The van der Waals surface area contributed by atoms with E-state index in [0.717, 1.165) is 4.90 Å². The second-order valence-corrected chi connectivity index (χ2v) is 5.59. The van der Waals surface area contributed by atoms with Crippen LogP contribution in [-0.4, -0.2) is 44.8 Å². The largest absolute Gasteiger partial charge is 0.434 e. The Hall–Kier alpha value is -3.56. The van der Waals surface area contributed by atoms with Crippen molar-refractivity contribution in [2.24, 2.45) is 0 Å². The number of nitrogens with one attached hydrogen (secondary N) is 2. The summed E-state index contributed by atoms with van der Waals surface area (Å²) in [5.41, 5.74) is 0.259. The number of carbonyl (C=O) groups is 4. The molecule has 1 aromatic carbocycles. The van der Waals surface area contributed by atoms with Gasteiger partial charge in [-0.1, -0.05) is 6.07 Å². The molecule has 10 heteroatoms. The first-order chi connectivity index (χ1) is 12.0. The molecule has 3 heterocycles. The molecule has 1 fully saturated rings. The topological polar surface area (TPSA) is 142 Å². The minimum Gasteiger partial charge on any atom is -0.388 e. The van der Waals surface area contributed by atoms with Crippen molar-refractivity contribution in [1.29, 1.82) is 0 Å². The highest BCUT2D eigenvalue weighted by Gasteiger charge is 2.46. The molecule has 2 aromatic rings. The van der Waals surface area contributed by atoms with Crippen LogP contribution in [0.3, 0.4) is 0 Å². The lowest BCUT2D eigenvalue weighted by atomic mass is 10.0. The van der Waals surface area contributed by atoms with Gasteiger partial charge in [-0.3, -0.25) is 29.4 Å². The summed E-state index contributed by atoms with van der Waals surface area (Å²) in [6, 6.07) is 3.37. The van der Waals surface area contributed by atoms with Gasteiger partial charge in [0.15, 0.2) is 0 Å². The fourth-order valence-corrected chi connectivity index (χ4v) is 3.04. The van der Waals surface area contributed by atoms with E-state index >= 15 is 0 Å². The number of benzene rings is 1. The SMILES string of the molecule is O=C1CCC(N2C(=O)c3cccc(-c4n[nH]c(=O)o4)c3C2=O)C(=O)N1. The number of nitrogens with zero attached hydrogens (tertiary/aromatic N) is 2. The fourth-order valence-electron chi connectivity index (χ4n) is 3.04. The molecule has 25 heavy (non-hydrogen) atoms. The molecule has 10 nitrogen and oxygen atoms in total. The first kappa shape index (κ1) is 15.0. The lowest BCUT2D eigenvalue weighted by Gasteiger charge is -2.27. The second kappa shape index (κ2) is 5.23. The van der Waals surface area contributed by atoms with Crippen molar-refractivity contribution < 1.29 is 23.6 Å². The molecule has 126 valence electrons. The number of carbonyl (C=O) groups excluding carboxylic acids is 4. The third kappa shape index (κ3) is 2.18. The maximum Gasteiger partial charge on any atom is 0.434 e. The van der Waals surface area contributed by atoms with Gasteiger partial charge in [-0.05, 0) is 18.6 Å². The highest BCUT2D eigenvalue weighted by atomic mass is 16.4. The van der Waals surface area contributed by atoms with E-state index < -0.39 is 35.4 Å². The van der Waals surface area contributed by atoms with Gasteiger partial charge in [0.25, 0.3) is 11.8 Å². The average molecular weight is 342 g/mol. The summed E-state index contributed by atoms with van der Waals surface area (Å²) in [6.45, 7) is 0. The molecule has 0 bridgehead atoms. The summed E-state index contributed by atoms with van der Waals surface area (Å²) < 4.78 is 4.87. The van der Waals surface area contributed by atoms with Crippen molar-refractivity contribution >= 4 is 23.6 Å². The zero-order valence-electron chi connectivity index (χ0n) is 12.6. The number of hydrogen-bond donors (Lipinski definition) is 2. The third-order valence-corrected chi connectivity index (χ3v) is 4.14. The maximum absolute atomic E-state index is 12.8. The molecule has 0 radical (unpaired) electrons. The van der Waals surface area contributed by atoms with E-state index in [1.54, 1.807) is 0 Å². The molecule has 4 rings (SSSR count). The molecule has 1 atom stereocenters. The van der Waals surface area contributed by atoms with Crippen LogP contribution in [0.5, 0.6) is 0 Å². The number of aromatic nitrogens is 2. The summed E-state index contributed by atoms with van der Waals surface area (Å²) in [7, 11) is 0. The molecule has 0 saturated carbocycles. The van der Waals surface area contributed by atoms with Gasteiger partial charge in [0.05, 0.1) is 16.7 Å². The van der Waals surface area contributed by atoms with E-state index in [4.69, 9.17) is 4.42 Å². The number of H-pyrrole nitrogens is 1. The van der Waals surface area contributed by atoms with Gasteiger partial charge in [-0.15, -0.1) is 5.10 Å². The van der Waals surface area contributed by atoms with Crippen LogP contribution in [0.15, 0.2) is 27.4 Å². The Morgan fingerprint density at radius 1 is 1.08 bits per heavy atom. The summed E-state index contributed by atoms with van der Waals surface area (Å²) in [5, 5.41) is 7.89. The standard InChI is InChI=1S/C15H10N4O6/c20-9-5-4-8(11(21)16-9)19-13(22)7-3-1-2-6(10(7)14(19)23)12-17-18-15(24)25-12/h1-3,8H,4-5H2,(H,18,24)(H,16,20,21). The molecule has 1 unspecified atom stereocenters. The molecule has 1 saturated heterocycles. The predicted molar refractivity (Wildman–Crippen MR) is 79.2 cm³/mol. The van der Waals surface area contributed by atoms with Gasteiger partial charge in [-0.25, -0.2) is 9.89 Å². The Labute approximate surface area is 138 Å². The molecule has 2 aliphatic rings. The maximum atomic E-state index is 12.8. The zero-order chi connectivity index (χ0) is 17.7. The number of hydrogen-bond acceptors (Lipinski definition) is 7.